The zero-order chi connectivity index (χ0) is 15.4. The van der Waals surface area contributed by atoms with Crippen molar-refractivity contribution in [1.82, 2.24) is 0 Å². The van der Waals surface area contributed by atoms with E-state index < -0.39 is 16.8 Å². The van der Waals surface area contributed by atoms with Gasteiger partial charge in [0.15, 0.2) is 0 Å². The summed E-state index contributed by atoms with van der Waals surface area (Å²) in [5.74, 6) is -0.305. The van der Waals surface area contributed by atoms with Crippen molar-refractivity contribution < 1.29 is 19.2 Å². The number of nitro groups is 1. The fourth-order valence-corrected chi connectivity index (χ4v) is 1.84. The Morgan fingerprint density at radius 2 is 1.95 bits per heavy atom. The Hall–Kier alpha value is -2.18. The second kappa shape index (κ2) is 6.51. The molecule has 0 heterocycles. The molecule has 0 spiro atoms. The standard InChI is InChI=1S/C14H11ClFNO4/c15-12-6-5-11(17(19)20)7-14(12)21-8-13(18)9-1-3-10(16)4-2-9/h1-7,13,18H,8H2. The summed E-state index contributed by atoms with van der Waals surface area (Å²) >= 11 is 5.87. The molecule has 0 aliphatic heterocycles. The van der Waals surface area contributed by atoms with Crippen molar-refractivity contribution in [2.45, 2.75) is 6.10 Å². The first-order valence-corrected chi connectivity index (χ1v) is 6.35. The summed E-state index contributed by atoms with van der Waals surface area (Å²) in [5, 5.41) is 20.8. The van der Waals surface area contributed by atoms with Crippen LogP contribution in [0.5, 0.6) is 5.75 Å². The molecule has 1 unspecified atom stereocenters. The van der Waals surface area contributed by atoms with Crippen molar-refractivity contribution >= 4 is 17.3 Å². The van der Waals surface area contributed by atoms with Crippen LogP contribution in [-0.2, 0) is 0 Å². The first kappa shape index (κ1) is 15.2. The first-order valence-electron chi connectivity index (χ1n) is 5.97. The van der Waals surface area contributed by atoms with Crippen LogP contribution in [0.25, 0.3) is 0 Å². The number of hydrogen-bond donors (Lipinski definition) is 1. The number of ether oxygens (including phenoxy) is 1. The van der Waals surface area contributed by atoms with Crippen LogP contribution in [0.4, 0.5) is 10.1 Å². The number of halogens is 2. The van der Waals surface area contributed by atoms with Crippen LogP contribution in [0.1, 0.15) is 11.7 Å². The first-order chi connectivity index (χ1) is 9.97. The van der Waals surface area contributed by atoms with E-state index in [0.717, 1.165) is 0 Å². The zero-order valence-electron chi connectivity index (χ0n) is 10.7. The van der Waals surface area contributed by atoms with Gasteiger partial charge in [0.05, 0.1) is 16.0 Å². The molecule has 0 fully saturated rings. The molecule has 0 aromatic heterocycles. The van der Waals surface area contributed by atoms with Gasteiger partial charge in [-0.15, -0.1) is 0 Å². The average molecular weight is 312 g/mol. The molecule has 2 aromatic carbocycles. The van der Waals surface area contributed by atoms with Crippen LogP contribution < -0.4 is 4.74 Å². The molecule has 21 heavy (non-hydrogen) atoms. The second-order valence-electron chi connectivity index (χ2n) is 4.25. The van der Waals surface area contributed by atoms with E-state index >= 15 is 0 Å². The van der Waals surface area contributed by atoms with E-state index in [1.165, 1.54) is 42.5 Å². The molecule has 0 bridgehead atoms. The van der Waals surface area contributed by atoms with Crippen LogP contribution in [0, 0.1) is 15.9 Å². The largest absolute Gasteiger partial charge is 0.489 e. The van der Waals surface area contributed by atoms with Crippen LogP contribution in [0.2, 0.25) is 5.02 Å². The Labute approximate surface area is 124 Å². The Bertz CT molecular complexity index is 648. The van der Waals surface area contributed by atoms with Crippen LogP contribution in [0.15, 0.2) is 42.5 Å². The van der Waals surface area contributed by atoms with E-state index in [9.17, 15) is 19.6 Å². The molecule has 110 valence electrons. The lowest BCUT2D eigenvalue weighted by Gasteiger charge is -2.13. The highest BCUT2D eigenvalue weighted by Gasteiger charge is 2.13. The molecule has 0 aliphatic carbocycles. The minimum Gasteiger partial charge on any atom is -0.489 e. The zero-order valence-corrected chi connectivity index (χ0v) is 11.5. The van der Waals surface area contributed by atoms with Crippen LogP contribution in [-0.4, -0.2) is 16.6 Å². The molecule has 0 saturated carbocycles. The molecule has 7 heteroatoms. The topological polar surface area (TPSA) is 72.6 Å². The third kappa shape index (κ3) is 3.90. The maximum atomic E-state index is 12.8. The van der Waals surface area contributed by atoms with Gasteiger partial charge in [0.1, 0.15) is 24.3 Å². The molecule has 1 N–H and O–H groups in total. The van der Waals surface area contributed by atoms with Gasteiger partial charge in [0.2, 0.25) is 0 Å². The third-order valence-electron chi connectivity index (χ3n) is 2.78. The quantitative estimate of drug-likeness (QED) is 0.677. The molecule has 0 aliphatic rings. The lowest BCUT2D eigenvalue weighted by atomic mass is 10.1. The predicted molar refractivity (Wildman–Crippen MR) is 75.0 cm³/mol. The molecule has 0 amide bonds. The summed E-state index contributed by atoms with van der Waals surface area (Å²) in [4.78, 5) is 10.1. The summed E-state index contributed by atoms with van der Waals surface area (Å²) in [6.45, 7) is -0.160. The highest BCUT2D eigenvalue weighted by atomic mass is 35.5. The Morgan fingerprint density at radius 1 is 1.29 bits per heavy atom. The minimum atomic E-state index is -0.999. The van der Waals surface area contributed by atoms with Crippen molar-refractivity contribution in [1.29, 1.82) is 0 Å². The van der Waals surface area contributed by atoms with Gasteiger partial charge in [-0.3, -0.25) is 10.1 Å². The van der Waals surface area contributed by atoms with Gasteiger partial charge >= 0.3 is 0 Å². The number of aliphatic hydroxyl groups excluding tert-OH is 1. The van der Waals surface area contributed by atoms with E-state index in [0.29, 0.717) is 5.56 Å². The van der Waals surface area contributed by atoms with Gasteiger partial charge in [-0.2, -0.15) is 0 Å². The molecule has 2 rings (SSSR count). The maximum absolute atomic E-state index is 12.8. The highest BCUT2D eigenvalue weighted by molar-refractivity contribution is 6.32. The lowest BCUT2D eigenvalue weighted by molar-refractivity contribution is -0.384. The number of rotatable bonds is 5. The fourth-order valence-electron chi connectivity index (χ4n) is 1.67. The van der Waals surface area contributed by atoms with E-state index in [1.807, 2.05) is 0 Å². The van der Waals surface area contributed by atoms with Gasteiger partial charge in [0.25, 0.3) is 5.69 Å². The number of nitro benzene ring substituents is 1. The van der Waals surface area contributed by atoms with E-state index in [1.54, 1.807) is 0 Å². The minimum absolute atomic E-state index is 0.104. The van der Waals surface area contributed by atoms with Crippen molar-refractivity contribution in [3.63, 3.8) is 0 Å². The molecule has 0 saturated heterocycles. The Morgan fingerprint density at radius 3 is 2.57 bits per heavy atom. The second-order valence-corrected chi connectivity index (χ2v) is 4.66. The van der Waals surface area contributed by atoms with E-state index in [-0.39, 0.29) is 23.1 Å². The molecular formula is C14H11ClFNO4. The van der Waals surface area contributed by atoms with Crippen molar-refractivity contribution in [2.75, 3.05) is 6.61 Å². The van der Waals surface area contributed by atoms with Crippen LogP contribution >= 0.6 is 11.6 Å². The van der Waals surface area contributed by atoms with E-state index in [2.05, 4.69) is 0 Å². The summed E-state index contributed by atoms with van der Waals surface area (Å²) < 4.78 is 18.1. The smallest absolute Gasteiger partial charge is 0.273 e. The maximum Gasteiger partial charge on any atom is 0.273 e. The third-order valence-corrected chi connectivity index (χ3v) is 3.09. The summed E-state index contributed by atoms with van der Waals surface area (Å²) in [7, 11) is 0. The van der Waals surface area contributed by atoms with Crippen molar-refractivity contribution in [3.8, 4) is 5.75 Å². The van der Waals surface area contributed by atoms with Crippen molar-refractivity contribution in [3.05, 3.63) is 69.0 Å². The Balaban J connectivity index is 2.07. The predicted octanol–water partition coefficient (Wildman–Crippen LogP) is 3.50. The molecule has 5 nitrogen and oxygen atoms in total. The molecule has 1 atom stereocenters. The summed E-state index contributed by atoms with van der Waals surface area (Å²) in [6, 6.07) is 9.08. The normalized spacial score (nSPS) is 12.0. The number of benzene rings is 2. The number of aliphatic hydroxyl groups is 1. The van der Waals surface area contributed by atoms with Gasteiger partial charge in [-0.25, -0.2) is 4.39 Å². The lowest BCUT2D eigenvalue weighted by Crippen LogP contribution is -2.10. The van der Waals surface area contributed by atoms with Gasteiger partial charge < -0.3 is 9.84 Å². The number of nitrogens with zero attached hydrogens (tertiary/aromatic N) is 1. The van der Waals surface area contributed by atoms with Crippen molar-refractivity contribution in [2.24, 2.45) is 0 Å². The SMILES string of the molecule is O=[N+]([O-])c1ccc(Cl)c(OCC(O)c2ccc(F)cc2)c1. The number of hydrogen-bond acceptors (Lipinski definition) is 4. The van der Waals surface area contributed by atoms with E-state index in [4.69, 9.17) is 16.3 Å². The van der Waals surface area contributed by atoms with Gasteiger partial charge in [0, 0.05) is 6.07 Å². The number of non-ortho nitro benzene ring substituents is 1. The summed E-state index contributed by atoms with van der Waals surface area (Å²) in [5.41, 5.74) is 0.309. The molecule has 2 aromatic rings. The molecular weight excluding hydrogens is 301 g/mol. The van der Waals surface area contributed by atoms with Crippen LogP contribution in [0.3, 0.4) is 0 Å². The molecule has 0 radical (unpaired) electrons. The van der Waals surface area contributed by atoms with Gasteiger partial charge in [-0.1, -0.05) is 23.7 Å². The monoisotopic (exact) mass is 311 g/mol. The fraction of sp³-hybridized carbons (Fsp3) is 0.143. The highest BCUT2D eigenvalue weighted by Crippen LogP contribution is 2.29. The summed E-state index contributed by atoms with van der Waals surface area (Å²) in [6.07, 6.45) is -0.999. The Kier molecular flexibility index (Phi) is 4.72. The average Bonchev–Trinajstić information content (AvgIpc) is 2.46. The van der Waals surface area contributed by atoms with Gasteiger partial charge in [-0.05, 0) is 23.8 Å².